The Balaban J connectivity index is 2.99. The highest BCUT2D eigenvalue weighted by Crippen LogP contribution is 2.25. The van der Waals surface area contributed by atoms with Crippen LogP contribution in [0.3, 0.4) is 0 Å². The summed E-state index contributed by atoms with van der Waals surface area (Å²) in [6, 6.07) is 4.32. The predicted octanol–water partition coefficient (Wildman–Crippen LogP) is 1.55. The number of rotatable bonds is 5. The van der Waals surface area contributed by atoms with Crippen molar-refractivity contribution in [1.29, 1.82) is 0 Å². The molecule has 0 saturated heterocycles. The average molecular weight is 267 g/mol. The van der Waals surface area contributed by atoms with Gasteiger partial charge in [-0.1, -0.05) is 6.07 Å². The molecule has 0 heterocycles. The second kappa shape index (κ2) is 6.48. The minimum atomic E-state index is -0.434. The fourth-order valence-electron chi connectivity index (χ4n) is 1.52. The van der Waals surface area contributed by atoms with Crippen molar-refractivity contribution in [2.75, 3.05) is 11.9 Å². The molecule has 0 spiro atoms. The maximum atomic E-state index is 11.3. The van der Waals surface area contributed by atoms with E-state index in [2.05, 4.69) is 5.32 Å². The van der Waals surface area contributed by atoms with E-state index >= 15 is 0 Å². The van der Waals surface area contributed by atoms with E-state index in [1.807, 2.05) is 0 Å². The minimum absolute atomic E-state index is 0.0188. The van der Waals surface area contributed by atoms with Gasteiger partial charge in [0.05, 0.1) is 17.9 Å². The van der Waals surface area contributed by atoms with Gasteiger partial charge < -0.3 is 10.1 Å². The van der Waals surface area contributed by atoms with Gasteiger partial charge in [-0.15, -0.1) is 0 Å². The SMILES string of the molecule is CCOC(=O)Cc1ccc(NC(C)=O)c([N+](=O)O)c1. The van der Waals surface area contributed by atoms with E-state index in [1.165, 1.54) is 19.1 Å². The Morgan fingerprint density at radius 2 is 2.11 bits per heavy atom. The van der Waals surface area contributed by atoms with Crippen molar-refractivity contribution in [2.24, 2.45) is 0 Å². The third-order valence-corrected chi connectivity index (χ3v) is 2.23. The van der Waals surface area contributed by atoms with Crippen LogP contribution in [0.4, 0.5) is 11.4 Å². The van der Waals surface area contributed by atoms with Crippen molar-refractivity contribution in [1.82, 2.24) is 0 Å². The largest absolute Gasteiger partial charge is 0.466 e. The summed E-state index contributed by atoms with van der Waals surface area (Å²) in [6.07, 6.45) is -0.0188. The van der Waals surface area contributed by atoms with E-state index in [9.17, 15) is 14.5 Å². The Hall–Kier alpha value is -2.44. The highest BCUT2D eigenvalue weighted by atomic mass is 16.6. The molecule has 0 atom stereocenters. The predicted molar refractivity (Wildman–Crippen MR) is 66.2 cm³/mol. The van der Waals surface area contributed by atoms with Gasteiger partial charge in [0, 0.05) is 13.0 Å². The number of anilines is 1. The standard InChI is InChI=1S/C12H14N2O5/c1-3-19-12(16)7-9-4-5-10(13-8(2)15)11(6-9)14(17)18/h4-6H,3,7H2,1-2H3,(H-,13,15,17,18)/p+1. The Morgan fingerprint density at radius 3 is 2.63 bits per heavy atom. The van der Waals surface area contributed by atoms with Gasteiger partial charge in [-0.2, -0.15) is 0 Å². The topological polar surface area (TPSA) is 95.7 Å². The monoisotopic (exact) mass is 267 g/mol. The lowest BCUT2D eigenvalue weighted by Gasteiger charge is -2.04. The maximum absolute atomic E-state index is 11.3. The Bertz CT molecular complexity index is 513. The van der Waals surface area contributed by atoms with Gasteiger partial charge in [-0.3, -0.25) is 9.59 Å². The first-order chi connectivity index (χ1) is 8.93. The molecule has 1 amide bonds. The fraction of sp³-hybridized carbons (Fsp3) is 0.333. The number of carbonyl (C=O) groups is 2. The number of hydrogen-bond donors (Lipinski definition) is 2. The van der Waals surface area contributed by atoms with Gasteiger partial charge in [0.1, 0.15) is 5.69 Å². The van der Waals surface area contributed by atoms with Crippen LogP contribution in [0.1, 0.15) is 19.4 Å². The van der Waals surface area contributed by atoms with E-state index in [-0.39, 0.29) is 35.2 Å². The molecule has 102 valence electrons. The molecule has 0 saturated carbocycles. The van der Waals surface area contributed by atoms with Crippen LogP contribution in [0.5, 0.6) is 0 Å². The molecule has 7 heteroatoms. The van der Waals surface area contributed by atoms with Crippen LogP contribution >= 0.6 is 0 Å². The fourth-order valence-corrected chi connectivity index (χ4v) is 1.52. The summed E-state index contributed by atoms with van der Waals surface area (Å²) in [6.45, 7) is 3.24. The zero-order valence-corrected chi connectivity index (χ0v) is 10.7. The molecule has 0 aliphatic rings. The Kier molecular flexibility index (Phi) is 4.99. The summed E-state index contributed by atoms with van der Waals surface area (Å²) in [5, 5.41) is 11.4. The molecule has 1 aromatic carbocycles. The van der Waals surface area contributed by atoms with E-state index in [1.54, 1.807) is 13.0 Å². The first-order valence-corrected chi connectivity index (χ1v) is 5.66. The molecule has 0 aromatic heterocycles. The minimum Gasteiger partial charge on any atom is -0.466 e. The Morgan fingerprint density at radius 1 is 1.42 bits per heavy atom. The molecular weight excluding hydrogens is 252 g/mol. The number of nitrogens with zero attached hydrogens (tertiary/aromatic N) is 1. The highest BCUT2D eigenvalue weighted by Gasteiger charge is 2.21. The number of carbonyl (C=O) groups excluding carboxylic acids is 2. The second-order valence-electron chi connectivity index (χ2n) is 3.79. The van der Waals surface area contributed by atoms with Crippen molar-refractivity contribution in [3.8, 4) is 0 Å². The third-order valence-electron chi connectivity index (χ3n) is 2.23. The van der Waals surface area contributed by atoms with E-state index < -0.39 is 5.97 Å². The van der Waals surface area contributed by atoms with E-state index in [0.29, 0.717) is 5.56 Å². The number of amides is 1. The molecule has 0 fully saturated rings. The highest BCUT2D eigenvalue weighted by molar-refractivity contribution is 5.91. The normalized spacial score (nSPS) is 9.79. The van der Waals surface area contributed by atoms with Crippen LogP contribution in [0.15, 0.2) is 18.2 Å². The van der Waals surface area contributed by atoms with Gasteiger partial charge in [0.15, 0.2) is 0 Å². The average Bonchev–Trinajstić information content (AvgIpc) is 2.30. The summed E-state index contributed by atoms with van der Waals surface area (Å²) < 4.78 is 4.78. The number of nitrogens with one attached hydrogen (secondary N) is 1. The zero-order chi connectivity index (χ0) is 14.4. The number of ether oxygens (including phenoxy) is 1. The summed E-state index contributed by atoms with van der Waals surface area (Å²) in [5.74, 6) is -0.808. The van der Waals surface area contributed by atoms with Crippen LogP contribution in [0, 0.1) is 4.91 Å². The molecule has 1 aromatic rings. The molecule has 7 nitrogen and oxygen atoms in total. The van der Waals surface area contributed by atoms with Crippen LogP contribution in [-0.4, -0.2) is 28.6 Å². The molecule has 0 bridgehead atoms. The van der Waals surface area contributed by atoms with Gasteiger partial charge >= 0.3 is 11.7 Å². The molecule has 1 rings (SSSR count). The molecule has 0 aliphatic heterocycles. The maximum Gasteiger partial charge on any atom is 0.340 e. The molecule has 2 N–H and O–H groups in total. The molecular formula is C12H15N2O5+. The number of hydrogen-bond acceptors (Lipinski definition) is 4. The number of esters is 1. The summed E-state index contributed by atoms with van der Waals surface area (Å²) in [5.41, 5.74) is 0.520. The van der Waals surface area contributed by atoms with Crippen molar-refractivity contribution in [2.45, 2.75) is 20.3 Å². The number of benzene rings is 1. The van der Waals surface area contributed by atoms with E-state index in [4.69, 9.17) is 9.94 Å². The van der Waals surface area contributed by atoms with Gasteiger partial charge in [-0.25, -0.2) is 5.21 Å². The molecule has 0 unspecified atom stereocenters. The van der Waals surface area contributed by atoms with Gasteiger partial charge in [0.2, 0.25) is 5.91 Å². The first kappa shape index (κ1) is 14.6. The molecule has 0 aliphatic carbocycles. The van der Waals surface area contributed by atoms with Crippen molar-refractivity contribution >= 4 is 23.3 Å². The lowest BCUT2D eigenvalue weighted by molar-refractivity contribution is -0.729. The van der Waals surface area contributed by atoms with Crippen molar-refractivity contribution in [3.63, 3.8) is 0 Å². The molecule has 19 heavy (non-hydrogen) atoms. The van der Waals surface area contributed by atoms with Crippen LogP contribution in [0.25, 0.3) is 0 Å². The van der Waals surface area contributed by atoms with Crippen LogP contribution < -0.4 is 5.32 Å². The van der Waals surface area contributed by atoms with Crippen molar-refractivity contribution < 1.29 is 24.5 Å². The van der Waals surface area contributed by atoms with Crippen LogP contribution in [0.2, 0.25) is 0 Å². The lowest BCUT2D eigenvalue weighted by Crippen LogP contribution is -2.10. The van der Waals surface area contributed by atoms with Crippen molar-refractivity contribution in [3.05, 3.63) is 28.7 Å². The second-order valence-corrected chi connectivity index (χ2v) is 3.79. The zero-order valence-electron chi connectivity index (χ0n) is 10.7. The first-order valence-electron chi connectivity index (χ1n) is 5.66. The smallest absolute Gasteiger partial charge is 0.340 e. The quantitative estimate of drug-likeness (QED) is 0.623. The molecule has 0 radical (unpaired) electrons. The third kappa shape index (κ3) is 4.38. The van der Waals surface area contributed by atoms with E-state index in [0.717, 1.165) is 0 Å². The van der Waals surface area contributed by atoms with Gasteiger partial charge in [-0.05, 0) is 18.6 Å². The van der Waals surface area contributed by atoms with Crippen LogP contribution in [-0.2, 0) is 20.7 Å². The van der Waals surface area contributed by atoms with Gasteiger partial charge in [0.25, 0.3) is 4.92 Å². The summed E-state index contributed by atoms with van der Waals surface area (Å²) >= 11 is 0. The lowest BCUT2D eigenvalue weighted by atomic mass is 10.1. The summed E-state index contributed by atoms with van der Waals surface area (Å²) in [7, 11) is 0. The summed E-state index contributed by atoms with van der Waals surface area (Å²) in [4.78, 5) is 32.9. The Labute approximate surface area is 109 Å².